The molecule has 2 aromatic rings. The topological polar surface area (TPSA) is 63.8 Å². The summed E-state index contributed by atoms with van der Waals surface area (Å²) >= 11 is 3.50. The molecule has 4 nitrogen and oxygen atoms in total. The van der Waals surface area contributed by atoms with Gasteiger partial charge in [-0.05, 0) is 24.6 Å². The number of anilines is 1. The van der Waals surface area contributed by atoms with E-state index < -0.39 is 0 Å². The number of nitrogens with zero attached hydrogens (tertiary/aromatic N) is 2. The molecule has 0 unspecified atom stereocenters. The van der Waals surface area contributed by atoms with Crippen molar-refractivity contribution in [1.82, 2.24) is 9.97 Å². The second kappa shape index (κ2) is 5.50. The number of nitrogens with two attached hydrogens (primary N) is 1. The van der Waals surface area contributed by atoms with E-state index in [1.54, 1.807) is 0 Å². The van der Waals surface area contributed by atoms with Crippen LogP contribution >= 0.6 is 15.9 Å². The van der Waals surface area contributed by atoms with E-state index in [9.17, 15) is 0 Å². The molecule has 0 saturated carbocycles. The Morgan fingerprint density at radius 2 is 1.85 bits per heavy atom. The van der Waals surface area contributed by atoms with Crippen molar-refractivity contribution in [3.05, 3.63) is 40.0 Å². The predicted molar refractivity (Wildman–Crippen MR) is 86.4 cm³/mol. The number of aryl methyl sites for hydroxylation is 1. The van der Waals surface area contributed by atoms with Crippen molar-refractivity contribution >= 4 is 21.7 Å². The van der Waals surface area contributed by atoms with Crippen LogP contribution in [-0.4, -0.2) is 9.97 Å². The Morgan fingerprint density at radius 3 is 2.40 bits per heavy atom. The van der Waals surface area contributed by atoms with E-state index in [1.165, 1.54) is 0 Å². The minimum atomic E-state index is -0.0618. The van der Waals surface area contributed by atoms with Crippen LogP contribution in [0.2, 0.25) is 0 Å². The highest BCUT2D eigenvalue weighted by Gasteiger charge is 2.18. The van der Waals surface area contributed by atoms with Crippen molar-refractivity contribution in [3.8, 4) is 11.4 Å². The molecule has 0 bridgehead atoms. The molecule has 0 aliphatic carbocycles. The number of halogens is 1. The summed E-state index contributed by atoms with van der Waals surface area (Å²) in [7, 11) is 0. The first-order valence-corrected chi connectivity index (χ1v) is 7.23. The Balaban J connectivity index is 2.58. The lowest BCUT2D eigenvalue weighted by Gasteiger charge is -2.19. The average molecular weight is 335 g/mol. The number of rotatable bonds is 2. The number of nitrogens with one attached hydrogen (secondary N) is 1. The van der Waals surface area contributed by atoms with Gasteiger partial charge in [0.2, 0.25) is 0 Å². The summed E-state index contributed by atoms with van der Waals surface area (Å²) in [5, 5.41) is 0. The van der Waals surface area contributed by atoms with Gasteiger partial charge in [-0.15, -0.1) is 0 Å². The van der Waals surface area contributed by atoms with Gasteiger partial charge in [0.1, 0.15) is 5.82 Å². The highest BCUT2D eigenvalue weighted by atomic mass is 79.9. The number of aromatic nitrogens is 2. The van der Waals surface area contributed by atoms with Crippen LogP contribution < -0.4 is 11.3 Å². The Hall–Kier alpha value is -1.46. The molecule has 3 N–H and O–H groups in total. The molecule has 1 aromatic carbocycles. The Labute approximate surface area is 127 Å². The van der Waals surface area contributed by atoms with E-state index >= 15 is 0 Å². The van der Waals surface area contributed by atoms with E-state index in [4.69, 9.17) is 5.84 Å². The molecule has 2 rings (SSSR count). The highest BCUT2D eigenvalue weighted by molar-refractivity contribution is 9.10. The summed E-state index contributed by atoms with van der Waals surface area (Å²) in [6, 6.07) is 7.95. The summed E-state index contributed by atoms with van der Waals surface area (Å²) in [6.45, 7) is 8.40. The molecule has 0 amide bonds. The van der Waals surface area contributed by atoms with Crippen LogP contribution in [0.4, 0.5) is 5.82 Å². The molecule has 5 heteroatoms. The third kappa shape index (κ3) is 3.16. The molecule has 0 atom stereocenters. The number of hydrogen-bond acceptors (Lipinski definition) is 4. The Bertz CT molecular complexity index is 632. The van der Waals surface area contributed by atoms with Crippen LogP contribution in [0.1, 0.15) is 32.0 Å². The summed E-state index contributed by atoms with van der Waals surface area (Å²) in [6.07, 6.45) is 0. The minimum Gasteiger partial charge on any atom is -0.308 e. The maximum absolute atomic E-state index is 5.52. The molecule has 106 valence electrons. The van der Waals surface area contributed by atoms with Crippen LogP contribution in [0.25, 0.3) is 11.4 Å². The molecule has 0 saturated heterocycles. The first kappa shape index (κ1) is 14.9. The van der Waals surface area contributed by atoms with Gasteiger partial charge in [-0.3, -0.25) is 0 Å². The van der Waals surface area contributed by atoms with Gasteiger partial charge in [-0.1, -0.05) is 42.8 Å². The number of hydrazine groups is 1. The fourth-order valence-corrected chi connectivity index (χ4v) is 2.06. The molecule has 20 heavy (non-hydrogen) atoms. The summed E-state index contributed by atoms with van der Waals surface area (Å²) in [5.74, 6) is 6.82. The molecular weight excluding hydrogens is 316 g/mol. The van der Waals surface area contributed by atoms with Gasteiger partial charge in [-0.2, -0.15) is 0 Å². The van der Waals surface area contributed by atoms with E-state index in [-0.39, 0.29) is 5.41 Å². The molecule has 0 fully saturated rings. The lowest BCUT2D eigenvalue weighted by Crippen LogP contribution is -2.17. The molecule has 1 heterocycles. The molecular formula is C15H19BrN4. The van der Waals surface area contributed by atoms with E-state index in [1.807, 2.05) is 25.1 Å². The van der Waals surface area contributed by atoms with Gasteiger partial charge < -0.3 is 5.43 Å². The normalized spacial score (nSPS) is 11.5. The van der Waals surface area contributed by atoms with Crippen LogP contribution in [0.3, 0.4) is 0 Å². The minimum absolute atomic E-state index is 0.0618. The van der Waals surface area contributed by atoms with Gasteiger partial charge in [-0.25, -0.2) is 15.8 Å². The van der Waals surface area contributed by atoms with Crippen LogP contribution in [-0.2, 0) is 5.41 Å². The lowest BCUT2D eigenvalue weighted by molar-refractivity contribution is 0.568. The molecule has 0 aliphatic rings. The van der Waals surface area contributed by atoms with Crippen LogP contribution in [0.5, 0.6) is 0 Å². The first-order valence-electron chi connectivity index (χ1n) is 6.44. The fraction of sp³-hybridized carbons (Fsp3) is 0.333. The van der Waals surface area contributed by atoms with Crippen molar-refractivity contribution in [2.75, 3.05) is 5.43 Å². The van der Waals surface area contributed by atoms with Crippen molar-refractivity contribution < 1.29 is 0 Å². The summed E-state index contributed by atoms with van der Waals surface area (Å²) in [4.78, 5) is 9.12. The third-order valence-corrected chi connectivity index (χ3v) is 3.95. The number of benzene rings is 1. The molecule has 1 aromatic heterocycles. The van der Waals surface area contributed by atoms with Crippen molar-refractivity contribution in [1.29, 1.82) is 0 Å². The van der Waals surface area contributed by atoms with Crippen molar-refractivity contribution in [2.45, 2.75) is 33.1 Å². The van der Waals surface area contributed by atoms with E-state index in [2.05, 4.69) is 58.2 Å². The summed E-state index contributed by atoms with van der Waals surface area (Å²) < 4.78 is 1.07. The zero-order valence-corrected chi connectivity index (χ0v) is 13.7. The van der Waals surface area contributed by atoms with Gasteiger partial charge in [0.25, 0.3) is 0 Å². The molecule has 0 aliphatic heterocycles. The SMILES string of the molecule is Cc1cc(-c2nc(NN)cc(C(C)(C)C)n2)ccc1Br. The van der Waals surface area contributed by atoms with Gasteiger partial charge >= 0.3 is 0 Å². The largest absolute Gasteiger partial charge is 0.308 e. The fourth-order valence-electron chi connectivity index (χ4n) is 1.82. The quantitative estimate of drug-likeness (QED) is 0.647. The average Bonchev–Trinajstić information content (AvgIpc) is 2.40. The molecule has 0 radical (unpaired) electrons. The maximum atomic E-state index is 5.52. The number of hydrogen-bond donors (Lipinski definition) is 2. The van der Waals surface area contributed by atoms with Crippen molar-refractivity contribution in [2.24, 2.45) is 5.84 Å². The standard InChI is InChI=1S/C15H19BrN4/c1-9-7-10(5-6-11(9)16)14-18-12(15(2,3)4)8-13(19-14)20-17/h5-8H,17H2,1-4H3,(H,18,19,20). The second-order valence-electron chi connectivity index (χ2n) is 5.82. The van der Waals surface area contributed by atoms with Gasteiger partial charge in [0.05, 0.1) is 5.69 Å². The summed E-state index contributed by atoms with van der Waals surface area (Å²) in [5.41, 5.74) is 5.64. The lowest BCUT2D eigenvalue weighted by atomic mass is 9.92. The first-order chi connectivity index (χ1) is 9.31. The van der Waals surface area contributed by atoms with Gasteiger partial charge in [0.15, 0.2) is 5.82 Å². The monoisotopic (exact) mass is 334 g/mol. The number of nitrogen functional groups attached to an aromatic ring is 1. The third-order valence-electron chi connectivity index (χ3n) is 3.06. The zero-order chi connectivity index (χ0) is 14.9. The maximum Gasteiger partial charge on any atom is 0.161 e. The van der Waals surface area contributed by atoms with Gasteiger partial charge in [0, 0.05) is 21.5 Å². The Kier molecular flexibility index (Phi) is 4.11. The molecule has 0 spiro atoms. The van der Waals surface area contributed by atoms with Crippen LogP contribution in [0, 0.1) is 6.92 Å². The highest BCUT2D eigenvalue weighted by Crippen LogP contribution is 2.27. The van der Waals surface area contributed by atoms with E-state index in [0.29, 0.717) is 11.6 Å². The van der Waals surface area contributed by atoms with Crippen molar-refractivity contribution in [3.63, 3.8) is 0 Å². The van der Waals surface area contributed by atoms with Crippen LogP contribution in [0.15, 0.2) is 28.7 Å². The second-order valence-corrected chi connectivity index (χ2v) is 6.67. The zero-order valence-electron chi connectivity index (χ0n) is 12.2. The smallest absolute Gasteiger partial charge is 0.161 e. The Morgan fingerprint density at radius 1 is 1.15 bits per heavy atom. The predicted octanol–water partition coefficient (Wildman–Crippen LogP) is 3.80. The van der Waals surface area contributed by atoms with E-state index in [0.717, 1.165) is 21.3 Å².